The van der Waals surface area contributed by atoms with Gasteiger partial charge in [0.2, 0.25) is 0 Å². The molecule has 1 unspecified atom stereocenters. The number of rotatable bonds is 5. The van der Waals surface area contributed by atoms with Crippen LogP contribution >= 0.6 is 0 Å². The van der Waals surface area contributed by atoms with Gasteiger partial charge in [-0.1, -0.05) is 36.4 Å². The number of carbonyl (C=O) groups is 2. The zero-order valence-corrected chi connectivity index (χ0v) is 15.5. The van der Waals surface area contributed by atoms with Gasteiger partial charge in [-0.05, 0) is 54.4 Å². The lowest BCUT2D eigenvalue weighted by molar-refractivity contribution is -0.122. The Morgan fingerprint density at radius 2 is 1.70 bits per heavy atom. The third-order valence-corrected chi connectivity index (χ3v) is 4.32. The van der Waals surface area contributed by atoms with Gasteiger partial charge in [-0.25, -0.2) is 4.79 Å². The van der Waals surface area contributed by atoms with Crippen LogP contribution < -0.4 is 10.1 Å². The average molecular weight is 363 g/mol. The van der Waals surface area contributed by atoms with Gasteiger partial charge >= 0.3 is 5.97 Å². The summed E-state index contributed by atoms with van der Waals surface area (Å²) in [6.45, 7) is 3.54. The van der Waals surface area contributed by atoms with Crippen LogP contribution in [0.4, 0.5) is 5.69 Å². The Balaban J connectivity index is 1.72. The van der Waals surface area contributed by atoms with Crippen LogP contribution in [0.1, 0.15) is 22.8 Å². The Kier molecular flexibility index (Phi) is 5.41. The van der Waals surface area contributed by atoms with Crippen LogP contribution in [0.2, 0.25) is 0 Å². The van der Waals surface area contributed by atoms with Crippen LogP contribution in [-0.2, 0) is 9.53 Å². The van der Waals surface area contributed by atoms with Crippen molar-refractivity contribution < 1.29 is 19.1 Å². The number of aryl methyl sites for hydroxylation is 1. The van der Waals surface area contributed by atoms with Crippen molar-refractivity contribution >= 4 is 28.3 Å². The molecular formula is C22H21NO4. The quantitative estimate of drug-likeness (QED) is 0.685. The first-order valence-electron chi connectivity index (χ1n) is 8.63. The largest absolute Gasteiger partial charge is 0.481 e. The molecule has 5 heteroatoms. The molecule has 3 aromatic carbocycles. The first-order chi connectivity index (χ1) is 13.0. The van der Waals surface area contributed by atoms with E-state index < -0.39 is 12.1 Å². The molecule has 0 saturated carbocycles. The maximum Gasteiger partial charge on any atom is 0.337 e. The van der Waals surface area contributed by atoms with E-state index in [0.29, 0.717) is 17.0 Å². The highest BCUT2D eigenvalue weighted by Crippen LogP contribution is 2.22. The Morgan fingerprint density at radius 3 is 2.44 bits per heavy atom. The van der Waals surface area contributed by atoms with Gasteiger partial charge in [0.25, 0.3) is 5.91 Å². The van der Waals surface area contributed by atoms with Gasteiger partial charge in [-0.3, -0.25) is 4.79 Å². The fourth-order valence-corrected chi connectivity index (χ4v) is 2.73. The fraction of sp³-hybridized carbons (Fsp3) is 0.182. The van der Waals surface area contributed by atoms with Crippen molar-refractivity contribution in [2.75, 3.05) is 12.4 Å². The molecule has 5 nitrogen and oxygen atoms in total. The summed E-state index contributed by atoms with van der Waals surface area (Å²) in [7, 11) is 1.32. The number of nitrogens with one attached hydrogen (secondary N) is 1. The van der Waals surface area contributed by atoms with E-state index in [1.165, 1.54) is 7.11 Å². The van der Waals surface area contributed by atoms with Crippen LogP contribution in [0.5, 0.6) is 5.75 Å². The summed E-state index contributed by atoms with van der Waals surface area (Å²) in [6.07, 6.45) is -0.702. The van der Waals surface area contributed by atoms with Crippen molar-refractivity contribution in [2.45, 2.75) is 20.0 Å². The predicted molar refractivity (Wildman–Crippen MR) is 105 cm³/mol. The summed E-state index contributed by atoms with van der Waals surface area (Å²) >= 11 is 0. The smallest absolute Gasteiger partial charge is 0.337 e. The van der Waals surface area contributed by atoms with Crippen molar-refractivity contribution in [3.8, 4) is 5.75 Å². The molecule has 1 amide bonds. The van der Waals surface area contributed by atoms with Crippen LogP contribution in [0.15, 0.2) is 60.7 Å². The lowest BCUT2D eigenvalue weighted by Crippen LogP contribution is -2.30. The number of esters is 1. The standard InChI is InChI=1S/C22H21NO4/c1-14-8-9-18(22(25)26-3)13-20(14)23-21(24)15(2)27-19-11-10-16-6-4-5-7-17(16)12-19/h4-13,15H,1-3H3,(H,23,24). The molecule has 3 rings (SSSR count). The number of hydrogen-bond donors (Lipinski definition) is 1. The summed E-state index contributed by atoms with van der Waals surface area (Å²) in [5, 5.41) is 4.97. The van der Waals surface area contributed by atoms with E-state index in [0.717, 1.165) is 16.3 Å². The maximum absolute atomic E-state index is 12.5. The van der Waals surface area contributed by atoms with E-state index in [9.17, 15) is 9.59 Å². The molecule has 1 atom stereocenters. The summed E-state index contributed by atoms with van der Waals surface area (Å²) in [5.41, 5.74) is 1.77. The van der Waals surface area contributed by atoms with E-state index in [2.05, 4.69) is 5.32 Å². The second-order valence-corrected chi connectivity index (χ2v) is 6.28. The Labute approximate surface area is 157 Å². The molecule has 0 aliphatic carbocycles. The molecule has 0 aliphatic rings. The Bertz CT molecular complexity index is 997. The average Bonchev–Trinajstić information content (AvgIpc) is 2.68. The molecule has 0 radical (unpaired) electrons. The minimum absolute atomic E-state index is 0.298. The summed E-state index contributed by atoms with van der Waals surface area (Å²) < 4.78 is 10.5. The first kappa shape index (κ1) is 18.5. The normalized spacial score (nSPS) is 11.7. The lowest BCUT2D eigenvalue weighted by atomic mass is 10.1. The number of methoxy groups -OCH3 is 1. The molecule has 0 aliphatic heterocycles. The molecule has 0 aromatic heterocycles. The van der Waals surface area contributed by atoms with Crippen molar-refractivity contribution in [3.05, 3.63) is 71.8 Å². The minimum Gasteiger partial charge on any atom is -0.481 e. The van der Waals surface area contributed by atoms with Gasteiger partial charge in [0.15, 0.2) is 6.10 Å². The molecule has 0 saturated heterocycles. The number of amides is 1. The molecule has 0 fully saturated rings. The van der Waals surface area contributed by atoms with E-state index in [1.54, 1.807) is 25.1 Å². The topological polar surface area (TPSA) is 64.6 Å². The third kappa shape index (κ3) is 4.26. The summed E-state index contributed by atoms with van der Waals surface area (Å²) in [6, 6.07) is 18.7. The highest BCUT2D eigenvalue weighted by Gasteiger charge is 2.17. The van der Waals surface area contributed by atoms with Crippen LogP contribution in [0, 0.1) is 6.92 Å². The molecular weight excluding hydrogens is 342 g/mol. The van der Waals surface area contributed by atoms with Gasteiger partial charge in [-0.2, -0.15) is 0 Å². The number of ether oxygens (including phenoxy) is 2. The van der Waals surface area contributed by atoms with E-state index >= 15 is 0 Å². The predicted octanol–water partition coefficient (Wildman–Crippen LogP) is 4.34. The van der Waals surface area contributed by atoms with Gasteiger partial charge in [0, 0.05) is 5.69 Å². The fourth-order valence-electron chi connectivity index (χ4n) is 2.73. The lowest BCUT2D eigenvalue weighted by Gasteiger charge is -2.16. The third-order valence-electron chi connectivity index (χ3n) is 4.32. The number of hydrogen-bond acceptors (Lipinski definition) is 4. The molecule has 138 valence electrons. The van der Waals surface area contributed by atoms with E-state index in [-0.39, 0.29) is 5.91 Å². The number of anilines is 1. The van der Waals surface area contributed by atoms with Gasteiger partial charge < -0.3 is 14.8 Å². The second kappa shape index (κ2) is 7.91. The van der Waals surface area contributed by atoms with Crippen molar-refractivity contribution in [2.24, 2.45) is 0 Å². The number of benzene rings is 3. The second-order valence-electron chi connectivity index (χ2n) is 6.28. The minimum atomic E-state index is -0.702. The molecule has 27 heavy (non-hydrogen) atoms. The monoisotopic (exact) mass is 363 g/mol. The zero-order valence-electron chi connectivity index (χ0n) is 15.5. The highest BCUT2D eigenvalue weighted by atomic mass is 16.5. The van der Waals surface area contributed by atoms with Gasteiger partial charge in [-0.15, -0.1) is 0 Å². The summed E-state index contributed by atoms with van der Waals surface area (Å²) in [4.78, 5) is 24.2. The maximum atomic E-state index is 12.5. The Morgan fingerprint density at radius 1 is 0.963 bits per heavy atom. The van der Waals surface area contributed by atoms with Crippen molar-refractivity contribution in [3.63, 3.8) is 0 Å². The van der Waals surface area contributed by atoms with E-state index in [1.807, 2.05) is 49.4 Å². The Hall–Kier alpha value is -3.34. The molecule has 3 aromatic rings. The SMILES string of the molecule is COC(=O)c1ccc(C)c(NC(=O)C(C)Oc2ccc3ccccc3c2)c1. The van der Waals surface area contributed by atoms with Crippen molar-refractivity contribution in [1.82, 2.24) is 0 Å². The molecule has 0 heterocycles. The molecule has 1 N–H and O–H groups in total. The number of fused-ring (bicyclic) bond motifs is 1. The first-order valence-corrected chi connectivity index (χ1v) is 8.63. The summed E-state index contributed by atoms with van der Waals surface area (Å²) in [5.74, 6) is -0.129. The van der Waals surface area contributed by atoms with Crippen molar-refractivity contribution in [1.29, 1.82) is 0 Å². The van der Waals surface area contributed by atoms with Crippen LogP contribution in [0.3, 0.4) is 0 Å². The van der Waals surface area contributed by atoms with Crippen LogP contribution in [0.25, 0.3) is 10.8 Å². The number of carbonyl (C=O) groups excluding carboxylic acids is 2. The molecule has 0 spiro atoms. The van der Waals surface area contributed by atoms with Crippen LogP contribution in [-0.4, -0.2) is 25.1 Å². The van der Waals surface area contributed by atoms with E-state index in [4.69, 9.17) is 9.47 Å². The highest BCUT2D eigenvalue weighted by molar-refractivity contribution is 5.97. The molecule has 0 bridgehead atoms. The zero-order chi connectivity index (χ0) is 19.4. The van der Waals surface area contributed by atoms with Gasteiger partial charge in [0.1, 0.15) is 5.75 Å². The van der Waals surface area contributed by atoms with Gasteiger partial charge in [0.05, 0.1) is 12.7 Å².